The Kier molecular flexibility index (Phi) is 5.36. The van der Waals surface area contributed by atoms with Gasteiger partial charge in [-0.2, -0.15) is 5.26 Å². The van der Waals surface area contributed by atoms with Crippen LogP contribution >= 0.6 is 0 Å². The van der Waals surface area contributed by atoms with Crippen LogP contribution in [0.5, 0.6) is 0 Å². The van der Waals surface area contributed by atoms with Crippen LogP contribution in [0.1, 0.15) is 73.1 Å². The lowest BCUT2D eigenvalue weighted by Crippen LogP contribution is -2.53. The minimum absolute atomic E-state index is 0.252. The Morgan fingerprint density at radius 2 is 1.90 bits per heavy atom. The number of rotatable bonds is 3. The Balaban J connectivity index is 2.15. The smallest absolute Gasteiger partial charge is 0.0672 e. The molecule has 5 unspecified atom stereocenters. The van der Waals surface area contributed by atoms with Gasteiger partial charge in [0.15, 0.2) is 0 Å². The van der Waals surface area contributed by atoms with Crippen molar-refractivity contribution in [1.82, 2.24) is 4.90 Å². The van der Waals surface area contributed by atoms with Gasteiger partial charge in [0, 0.05) is 12.1 Å². The molecule has 1 heterocycles. The van der Waals surface area contributed by atoms with Gasteiger partial charge in [-0.05, 0) is 62.8 Å². The van der Waals surface area contributed by atoms with Crippen LogP contribution in [0, 0.1) is 34.5 Å². The molecule has 0 N–H and O–H groups in total. The molecule has 0 aromatic heterocycles. The lowest BCUT2D eigenvalue weighted by atomic mass is 9.65. The molecule has 1 saturated heterocycles. The SMILES string of the molecule is CCC(C)(C)C1CCC(C#N)C(N2CCCC(C)C2C)C1. The molecule has 0 aromatic carbocycles. The second-order valence-corrected chi connectivity index (χ2v) is 8.25. The predicted molar refractivity (Wildman–Crippen MR) is 88.9 cm³/mol. The number of nitrogens with zero attached hydrogens (tertiary/aromatic N) is 2. The first-order valence-electron chi connectivity index (χ1n) is 9.06. The number of likely N-dealkylation sites (tertiary alicyclic amines) is 1. The van der Waals surface area contributed by atoms with Gasteiger partial charge in [0.2, 0.25) is 0 Å². The summed E-state index contributed by atoms with van der Waals surface area (Å²) in [6.45, 7) is 13.1. The molecular formula is C19H34N2. The fourth-order valence-electron chi connectivity index (χ4n) is 4.50. The highest BCUT2D eigenvalue weighted by Crippen LogP contribution is 2.44. The molecule has 21 heavy (non-hydrogen) atoms. The summed E-state index contributed by atoms with van der Waals surface area (Å²) in [5.41, 5.74) is 0.420. The highest BCUT2D eigenvalue weighted by atomic mass is 15.2. The third-order valence-corrected chi connectivity index (χ3v) is 6.85. The van der Waals surface area contributed by atoms with Gasteiger partial charge >= 0.3 is 0 Å². The zero-order chi connectivity index (χ0) is 15.6. The van der Waals surface area contributed by atoms with Crippen LogP contribution in [0.15, 0.2) is 0 Å². The monoisotopic (exact) mass is 290 g/mol. The molecule has 0 aromatic rings. The second kappa shape index (κ2) is 6.69. The van der Waals surface area contributed by atoms with Crippen molar-refractivity contribution in [2.45, 2.75) is 85.2 Å². The van der Waals surface area contributed by atoms with Crippen molar-refractivity contribution in [2.75, 3.05) is 6.54 Å². The van der Waals surface area contributed by atoms with Crippen LogP contribution in [0.3, 0.4) is 0 Å². The van der Waals surface area contributed by atoms with Gasteiger partial charge in [-0.1, -0.05) is 34.1 Å². The Morgan fingerprint density at radius 1 is 1.19 bits per heavy atom. The molecule has 2 heteroatoms. The largest absolute Gasteiger partial charge is 0.296 e. The summed E-state index contributed by atoms with van der Waals surface area (Å²) >= 11 is 0. The standard InChI is InChI=1S/C19H34N2/c1-6-19(4,5)17-10-9-16(13-20)18(12-17)21-11-7-8-14(2)15(21)3/h14-18H,6-12H2,1-5H3. The number of hydrogen-bond donors (Lipinski definition) is 0. The maximum absolute atomic E-state index is 9.61. The molecule has 120 valence electrons. The van der Waals surface area contributed by atoms with Gasteiger partial charge in [-0.15, -0.1) is 0 Å². The van der Waals surface area contributed by atoms with E-state index in [0.29, 0.717) is 17.5 Å². The molecule has 1 aliphatic carbocycles. The molecule has 5 atom stereocenters. The minimum atomic E-state index is 0.252. The second-order valence-electron chi connectivity index (χ2n) is 8.25. The topological polar surface area (TPSA) is 27.0 Å². The van der Waals surface area contributed by atoms with E-state index in [1.807, 2.05) is 0 Å². The van der Waals surface area contributed by atoms with Crippen LogP contribution in [-0.4, -0.2) is 23.5 Å². The van der Waals surface area contributed by atoms with Crippen molar-refractivity contribution in [2.24, 2.45) is 23.2 Å². The van der Waals surface area contributed by atoms with Crippen LogP contribution in [0.2, 0.25) is 0 Å². The van der Waals surface area contributed by atoms with Crippen LogP contribution in [-0.2, 0) is 0 Å². The predicted octanol–water partition coefficient (Wildman–Crippen LogP) is 4.85. The van der Waals surface area contributed by atoms with E-state index in [4.69, 9.17) is 0 Å². The highest BCUT2D eigenvalue weighted by molar-refractivity contribution is 5.01. The molecular weight excluding hydrogens is 256 g/mol. The number of hydrogen-bond acceptors (Lipinski definition) is 2. The van der Waals surface area contributed by atoms with E-state index in [2.05, 4.69) is 45.6 Å². The maximum Gasteiger partial charge on any atom is 0.0672 e. The number of nitriles is 1. The van der Waals surface area contributed by atoms with Crippen molar-refractivity contribution in [3.63, 3.8) is 0 Å². The fraction of sp³-hybridized carbons (Fsp3) is 0.947. The lowest BCUT2D eigenvalue weighted by molar-refractivity contribution is -0.00000657. The van der Waals surface area contributed by atoms with E-state index < -0.39 is 0 Å². The molecule has 1 saturated carbocycles. The summed E-state index contributed by atoms with van der Waals surface area (Å²) < 4.78 is 0. The van der Waals surface area contributed by atoms with Crippen LogP contribution in [0.25, 0.3) is 0 Å². The van der Waals surface area contributed by atoms with Gasteiger partial charge in [-0.3, -0.25) is 4.90 Å². The first-order chi connectivity index (χ1) is 9.90. The van der Waals surface area contributed by atoms with E-state index in [9.17, 15) is 5.26 Å². The van der Waals surface area contributed by atoms with Crippen LogP contribution in [0.4, 0.5) is 0 Å². The van der Waals surface area contributed by atoms with E-state index in [-0.39, 0.29) is 5.92 Å². The molecule has 0 amide bonds. The van der Waals surface area contributed by atoms with Crippen molar-refractivity contribution in [1.29, 1.82) is 5.26 Å². The zero-order valence-electron chi connectivity index (χ0n) is 14.7. The first kappa shape index (κ1) is 16.8. The third-order valence-electron chi connectivity index (χ3n) is 6.85. The molecule has 2 nitrogen and oxygen atoms in total. The van der Waals surface area contributed by atoms with Gasteiger partial charge in [0.05, 0.1) is 12.0 Å². The van der Waals surface area contributed by atoms with E-state index in [1.165, 1.54) is 38.6 Å². The summed E-state index contributed by atoms with van der Waals surface area (Å²) in [6, 6.07) is 3.77. The molecule has 0 bridgehead atoms. The van der Waals surface area contributed by atoms with Crippen LogP contribution < -0.4 is 0 Å². The average molecular weight is 290 g/mol. The summed E-state index contributed by atoms with van der Waals surface area (Å²) in [5.74, 6) is 1.81. The Labute approximate surface area is 131 Å². The molecule has 2 rings (SSSR count). The van der Waals surface area contributed by atoms with E-state index in [1.54, 1.807) is 0 Å². The van der Waals surface area contributed by atoms with Crippen molar-refractivity contribution >= 4 is 0 Å². The van der Waals surface area contributed by atoms with Crippen molar-refractivity contribution in [3.05, 3.63) is 0 Å². The van der Waals surface area contributed by atoms with Gasteiger partial charge < -0.3 is 0 Å². The van der Waals surface area contributed by atoms with Gasteiger partial charge in [0.25, 0.3) is 0 Å². The summed E-state index contributed by atoms with van der Waals surface area (Å²) in [4.78, 5) is 2.69. The molecule has 2 fully saturated rings. The summed E-state index contributed by atoms with van der Waals surface area (Å²) in [6.07, 6.45) is 7.48. The van der Waals surface area contributed by atoms with E-state index in [0.717, 1.165) is 18.3 Å². The van der Waals surface area contributed by atoms with Gasteiger partial charge in [0.1, 0.15) is 0 Å². The quantitative estimate of drug-likeness (QED) is 0.743. The fourth-order valence-corrected chi connectivity index (χ4v) is 4.50. The first-order valence-corrected chi connectivity index (χ1v) is 9.06. The third kappa shape index (κ3) is 3.45. The lowest BCUT2D eigenvalue weighted by Gasteiger charge is -2.49. The molecule has 0 spiro atoms. The maximum atomic E-state index is 9.61. The average Bonchev–Trinajstić information content (AvgIpc) is 2.49. The van der Waals surface area contributed by atoms with E-state index >= 15 is 0 Å². The van der Waals surface area contributed by atoms with Gasteiger partial charge in [-0.25, -0.2) is 0 Å². The molecule has 0 radical (unpaired) electrons. The van der Waals surface area contributed by atoms with Crippen molar-refractivity contribution in [3.8, 4) is 6.07 Å². The Hall–Kier alpha value is -0.550. The van der Waals surface area contributed by atoms with Crippen molar-refractivity contribution < 1.29 is 0 Å². The number of piperidine rings is 1. The summed E-state index contributed by atoms with van der Waals surface area (Å²) in [7, 11) is 0. The highest BCUT2D eigenvalue weighted by Gasteiger charge is 2.42. The Bertz CT molecular complexity index is 382. The Morgan fingerprint density at radius 3 is 2.52 bits per heavy atom. The molecule has 1 aliphatic heterocycles. The zero-order valence-corrected chi connectivity index (χ0v) is 14.7. The minimum Gasteiger partial charge on any atom is -0.296 e. The molecule has 2 aliphatic rings. The summed E-state index contributed by atoms with van der Waals surface area (Å²) in [5, 5.41) is 9.61. The normalized spacial score (nSPS) is 39.0.